The van der Waals surface area contributed by atoms with Crippen LogP contribution >= 0.6 is 11.6 Å². The molecule has 0 aliphatic heterocycles. The third-order valence-corrected chi connectivity index (χ3v) is 3.25. The number of aromatic hydroxyl groups is 1. The Morgan fingerprint density at radius 3 is 2.67 bits per heavy atom. The van der Waals surface area contributed by atoms with Gasteiger partial charge >= 0.3 is 0 Å². The number of nitrogens with zero attached hydrogens (tertiary/aromatic N) is 2. The van der Waals surface area contributed by atoms with Gasteiger partial charge in [0.05, 0.1) is 5.56 Å². The van der Waals surface area contributed by atoms with E-state index in [2.05, 4.69) is 10.1 Å². The van der Waals surface area contributed by atoms with E-state index in [1.807, 2.05) is 0 Å². The summed E-state index contributed by atoms with van der Waals surface area (Å²) >= 11 is 5.95. The topological polar surface area (TPSA) is 85.2 Å². The number of nitrogen functional groups attached to an aromatic ring is 1. The lowest BCUT2D eigenvalue weighted by Crippen LogP contribution is -1.92. The molecule has 0 spiro atoms. The number of benzene rings is 2. The summed E-state index contributed by atoms with van der Waals surface area (Å²) in [4.78, 5) is 4.32. The number of rotatable bonds is 3. The molecule has 5 nitrogen and oxygen atoms in total. The average Bonchev–Trinajstić information content (AvgIpc) is 2.92. The molecule has 1 heterocycles. The minimum absolute atomic E-state index is 0.222. The van der Waals surface area contributed by atoms with Crippen LogP contribution in [-0.2, 0) is 6.42 Å². The molecule has 0 fully saturated rings. The van der Waals surface area contributed by atoms with Crippen LogP contribution in [0.5, 0.6) is 5.75 Å². The van der Waals surface area contributed by atoms with Gasteiger partial charge in [-0.05, 0) is 35.9 Å². The molecule has 3 rings (SSSR count). The second kappa shape index (κ2) is 5.46. The van der Waals surface area contributed by atoms with Gasteiger partial charge in [0.1, 0.15) is 5.75 Å². The normalized spacial score (nSPS) is 10.7. The van der Waals surface area contributed by atoms with E-state index in [1.165, 1.54) is 0 Å². The number of phenolic OH excluding ortho intramolecular Hbond substituents is 1. The molecule has 106 valence electrons. The van der Waals surface area contributed by atoms with Crippen molar-refractivity contribution in [3.63, 3.8) is 0 Å². The smallest absolute Gasteiger partial charge is 0.260 e. The number of hydrogen-bond acceptors (Lipinski definition) is 5. The molecule has 3 aromatic rings. The lowest BCUT2D eigenvalue weighted by Gasteiger charge is -2.00. The first-order chi connectivity index (χ1) is 10.1. The molecule has 0 aliphatic carbocycles. The van der Waals surface area contributed by atoms with Crippen LogP contribution in [-0.4, -0.2) is 15.2 Å². The van der Waals surface area contributed by atoms with E-state index in [-0.39, 0.29) is 5.75 Å². The average molecular weight is 302 g/mol. The summed E-state index contributed by atoms with van der Waals surface area (Å²) in [7, 11) is 0. The summed E-state index contributed by atoms with van der Waals surface area (Å²) in [5, 5.41) is 13.7. The van der Waals surface area contributed by atoms with Crippen molar-refractivity contribution in [3.05, 3.63) is 58.9 Å². The molecule has 0 bridgehead atoms. The van der Waals surface area contributed by atoms with Crippen LogP contribution in [0.1, 0.15) is 11.4 Å². The Kier molecular flexibility index (Phi) is 3.50. The van der Waals surface area contributed by atoms with Crippen LogP contribution in [0.2, 0.25) is 5.02 Å². The lowest BCUT2D eigenvalue weighted by molar-refractivity contribution is 0.424. The highest BCUT2D eigenvalue weighted by Crippen LogP contribution is 2.27. The number of anilines is 1. The third kappa shape index (κ3) is 2.98. The van der Waals surface area contributed by atoms with Crippen molar-refractivity contribution < 1.29 is 9.63 Å². The quantitative estimate of drug-likeness (QED) is 0.725. The Morgan fingerprint density at radius 2 is 1.90 bits per heavy atom. The maximum atomic E-state index is 9.26. The molecular formula is C15H12ClN3O2. The van der Waals surface area contributed by atoms with Crippen LogP contribution in [0.4, 0.5) is 5.69 Å². The molecule has 21 heavy (non-hydrogen) atoms. The zero-order valence-electron chi connectivity index (χ0n) is 11.0. The van der Waals surface area contributed by atoms with E-state index in [0.717, 1.165) is 5.56 Å². The molecule has 1 aromatic heterocycles. The van der Waals surface area contributed by atoms with Crippen molar-refractivity contribution in [1.82, 2.24) is 10.1 Å². The van der Waals surface area contributed by atoms with Gasteiger partial charge in [-0.2, -0.15) is 4.98 Å². The number of hydrogen-bond donors (Lipinski definition) is 2. The maximum absolute atomic E-state index is 9.26. The fourth-order valence-corrected chi connectivity index (χ4v) is 2.12. The minimum Gasteiger partial charge on any atom is -0.508 e. The molecule has 0 saturated heterocycles. The van der Waals surface area contributed by atoms with Gasteiger partial charge in [-0.1, -0.05) is 28.9 Å². The predicted molar refractivity (Wildman–Crippen MR) is 80.1 cm³/mol. The number of nitrogens with two attached hydrogens (primary N) is 1. The fraction of sp³-hybridized carbons (Fsp3) is 0.0667. The highest BCUT2D eigenvalue weighted by Gasteiger charge is 2.12. The highest BCUT2D eigenvalue weighted by atomic mass is 35.5. The molecule has 2 aromatic carbocycles. The summed E-state index contributed by atoms with van der Waals surface area (Å²) in [6, 6.07) is 11.9. The summed E-state index contributed by atoms with van der Waals surface area (Å²) < 4.78 is 5.23. The molecule has 0 aliphatic rings. The van der Waals surface area contributed by atoms with Gasteiger partial charge in [-0.25, -0.2) is 0 Å². The molecule has 0 saturated carbocycles. The van der Waals surface area contributed by atoms with Crippen LogP contribution in [0, 0.1) is 0 Å². The van der Waals surface area contributed by atoms with Crippen molar-refractivity contribution >= 4 is 17.3 Å². The second-order valence-corrected chi connectivity index (χ2v) is 5.03. The van der Waals surface area contributed by atoms with Gasteiger partial charge < -0.3 is 15.4 Å². The molecule has 0 amide bonds. The number of phenols is 1. The predicted octanol–water partition coefficient (Wildman–Crippen LogP) is 3.27. The number of aromatic nitrogens is 2. The Morgan fingerprint density at radius 1 is 1.14 bits per heavy atom. The minimum atomic E-state index is 0.222. The van der Waals surface area contributed by atoms with E-state index in [9.17, 15) is 5.11 Å². The van der Waals surface area contributed by atoms with Gasteiger partial charge in [-0.3, -0.25) is 0 Å². The second-order valence-electron chi connectivity index (χ2n) is 4.59. The van der Waals surface area contributed by atoms with Crippen molar-refractivity contribution in [1.29, 1.82) is 0 Å². The van der Waals surface area contributed by atoms with Gasteiger partial charge in [0.25, 0.3) is 5.89 Å². The SMILES string of the molecule is Nc1ccc(Cl)cc1-c1nc(Cc2ccc(O)cc2)no1. The van der Waals surface area contributed by atoms with Crippen molar-refractivity contribution in [2.45, 2.75) is 6.42 Å². The first kappa shape index (κ1) is 13.5. The molecular weight excluding hydrogens is 290 g/mol. The molecule has 0 radical (unpaired) electrons. The Bertz CT molecular complexity index is 769. The van der Waals surface area contributed by atoms with Crippen molar-refractivity contribution in [2.24, 2.45) is 0 Å². The highest BCUT2D eigenvalue weighted by molar-refractivity contribution is 6.31. The van der Waals surface area contributed by atoms with Crippen molar-refractivity contribution in [2.75, 3.05) is 5.73 Å². The lowest BCUT2D eigenvalue weighted by atomic mass is 10.1. The zero-order chi connectivity index (χ0) is 14.8. The van der Waals surface area contributed by atoms with Gasteiger partial charge in [0.15, 0.2) is 5.82 Å². The number of halogens is 1. The largest absolute Gasteiger partial charge is 0.508 e. The Labute approximate surface area is 126 Å². The summed E-state index contributed by atoms with van der Waals surface area (Å²) in [5.41, 5.74) is 8.00. The van der Waals surface area contributed by atoms with Crippen LogP contribution in [0.25, 0.3) is 11.5 Å². The molecule has 3 N–H and O–H groups in total. The van der Waals surface area contributed by atoms with E-state index in [0.29, 0.717) is 34.4 Å². The fourth-order valence-electron chi connectivity index (χ4n) is 1.95. The summed E-state index contributed by atoms with van der Waals surface area (Å²) in [6.07, 6.45) is 0.504. The van der Waals surface area contributed by atoms with Crippen LogP contribution in [0.3, 0.4) is 0 Å². The van der Waals surface area contributed by atoms with Gasteiger partial charge in [0.2, 0.25) is 0 Å². The first-order valence-corrected chi connectivity index (χ1v) is 6.65. The van der Waals surface area contributed by atoms with E-state index in [4.69, 9.17) is 21.9 Å². The summed E-state index contributed by atoms with van der Waals surface area (Å²) in [5.74, 6) is 1.10. The van der Waals surface area contributed by atoms with Crippen molar-refractivity contribution in [3.8, 4) is 17.2 Å². The third-order valence-electron chi connectivity index (χ3n) is 3.01. The van der Waals surface area contributed by atoms with Crippen LogP contribution in [0.15, 0.2) is 47.0 Å². The van der Waals surface area contributed by atoms with Gasteiger partial charge in [0, 0.05) is 17.1 Å². The first-order valence-electron chi connectivity index (χ1n) is 6.28. The molecule has 6 heteroatoms. The maximum Gasteiger partial charge on any atom is 0.260 e. The summed E-state index contributed by atoms with van der Waals surface area (Å²) in [6.45, 7) is 0. The van der Waals surface area contributed by atoms with E-state index in [1.54, 1.807) is 42.5 Å². The molecule has 0 atom stereocenters. The van der Waals surface area contributed by atoms with E-state index >= 15 is 0 Å². The molecule has 0 unspecified atom stereocenters. The Hall–Kier alpha value is -2.53. The van der Waals surface area contributed by atoms with Gasteiger partial charge in [-0.15, -0.1) is 0 Å². The van der Waals surface area contributed by atoms with E-state index < -0.39 is 0 Å². The Balaban J connectivity index is 1.86. The van der Waals surface area contributed by atoms with Crippen LogP contribution < -0.4 is 5.73 Å². The monoisotopic (exact) mass is 301 g/mol. The zero-order valence-corrected chi connectivity index (χ0v) is 11.7. The standard InChI is InChI=1S/C15H12ClN3O2/c16-10-3-6-13(17)12(8-10)15-18-14(19-21-15)7-9-1-4-11(20)5-2-9/h1-6,8,20H,7,17H2.